The van der Waals surface area contributed by atoms with Crippen LogP contribution in [0.15, 0.2) is 30.3 Å². The molecule has 1 aromatic rings. The minimum atomic E-state index is -0.467. The maximum absolute atomic E-state index is 11.7. The van der Waals surface area contributed by atoms with Crippen molar-refractivity contribution in [2.45, 2.75) is 25.5 Å². The minimum Gasteiger partial charge on any atom is -0.445 e. The fourth-order valence-corrected chi connectivity index (χ4v) is 2.47. The molecule has 0 saturated carbocycles. The lowest BCUT2D eigenvalue weighted by Crippen LogP contribution is -2.45. The predicted molar refractivity (Wildman–Crippen MR) is 78.4 cm³/mol. The lowest BCUT2D eigenvalue weighted by atomic mass is 10.2. The van der Waals surface area contributed by atoms with Crippen molar-refractivity contribution >= 4 is 12.0 Å². The topological polar surface area (TPSA) is 84.7 Å². The molecule has 2 amide bonds. The molecule has 114 valence electrons. The number of ether oxygens (including phenoxy) is 1. The molecule has 21 heavy (non-hydrogen) atoms. The van der Waals surface area contributed by atoms with Gasteiger partial charge in [0.1, 0.15) is 6.61 Å². The van der Waals surface area contributed by atoms with E-state index >= 15 is 0 Å². The van der Waals surface area contributed by atoms with Crippen LogP contribution in [0.2, 0.25) is 0 Å². The van der Waals surface area contributed by atoms with Crippen molar-refractivity contribution in [1.29, 1.82) is 0 Å². The van der Waals surface area contributed by atoms with Crippen molar-refractivity contribution in [3.8, 4) is 0 Å². The molecule has 1 aliphatic rings. The Morgan fingerprint density at radius 3 is 2.81 bits per heavy atom. The third kappa shape index (κ3) is 4.46. The highest BCUT2D eigenvalue weighted by Crippen LogP contribution is 2.16. The van der Waals surface area contributed by atoms with Crippen molar-refractivity contribution in [2.24, 2.45) is 5.73 Å². The van der Waals surface area contributed by atoms with Gasteiger partial charge in [-0.3, -0.25) is 4.79 Å². The molecule has 0 aliphatic carbocycles. The Kier molecular flexibility index (Phi) is 5.57. The summed E-state index contributed by atoms with van der Waals surface area (Å²) >= 11 is 0. The minimum absolute atomic E-state index is 0.00888. The second kappa shape index (κ2) is 7.64. The number of benzene rings is 1. The van der Waals surface area contributed by atoms with Crippen LogP contribution in [0.1, 0.15) is 18.4 Å². The van der Waals surface area contributed by atoms with Crippen LogP contribution >= 0.6 is 0 Å². The lowest BCUT2D eigenvalue weighted by molar-refractivity contribution is -0.130. The maximum atomic E-state index is 11.7. The molecule has 1 aromatic carbocycles. The first kappa shape index (κ1) is 15.3. The van der Waals surface area contributed by atoms with Crippen LogP contribution in [0.25, 0.3) is 0 Å². The van der Waals surface area contributed by atoms with Crippen LogP contribution in [-0.2, 0) is 16.1 Å². The number of hydrogen-bond donors (Lipinski definition) is 2. The zero-order chi connectivity index (χ0) is 15.1. The van der Waals surface area contributed by atoms with Crippen LogP contribution in [0.5, 0.6) is 0 Å². The first-order chi connectivity index (χ1) is 10.2. The number of amides is 2. The number of likely N-dealkylation sites (tertiary alicyclic amines) is 1. The molecular formula is C15H21N3O3. The van der Waals surface area contributed by atoms with E-state index in [9.17, 15) is 9.59 Å². The summed E-state index contributed by atoms with van der Waals surface area (Å²) in [5, 5.41) is 2.71. The van der Waals surface area contributed by atoms with Gasteiger partial charge in [0.25, 0.3) is 0 Å². The van der Waals surface area contributed by atoms with Gasteiger partial charge in [0, 0.05) is 19.1 Å². The molecule has 0 aromatic heterocycles. The summed E-state index contributed by atoms with van der Waals surface area (Å²) in [6.07, 6.45) is 1.35. The normalized spacial score (nSPS) is 17.6. The van der Waals surface area contributed by atoms with Gasteiger partial charge in [-0.15, -0.1) is 0 Å². The first-order valence-corrected chi connectivity index (χ1v) is 7.15. The number of carbonyl (C=O) groups excluding carboxylic acids is 2. The van der Waals surface area contributed by atoms with E-state index in [2.05, 4.69) is 5.32 Å². The fourth-order valence-electron chi connectivity index (χ4n) is 2.47. The summed E-state index contributed by atoms with van der Waals surface area (Å²) < 4.78 is 5.13. The molecule has 6 heteroatoms. The number of carbonyl (C=O) groups is 2. The summed E-state index contributed by atoms with van der Waals surface area (Å²) in [7, 11) is 0. The SMILES string of the molecule is NCC(=O)N1CCC[C@H]1CNC(=O)OCc1ccccc1. The quantitative estimate of drug-likeness (QED) is 0.842. The van der Waals surface area contributed by atoms with Crippen molar-refractivity contribution in [2.75, 3.05) is 19.6 Å². The Balaban J connectivity index is 1.72. The van der Waals surface area contributed by atoms with E-state index in [1.54, 1.807) is 4.90 Å². The van der Waals surface area contributed by atoms with Gasteiger partial charge >= 0.3 is 6.09 Å². The second-order valence-corrected chi connectivity index (χ2v) is 5.03. The van der Waals surface area contributed by atoms with Gasteiger partial charge in [0.05, 0.1) is 6.54 Å². The second-order valence-electron chi connectivity index (χ2n) is 5.03. The van der Waals surface area contributed by atoms with Crippen molar-refractivity contribution < 1.29 is 14.3 Å². The molecule has 0 bridgehead atoms. The van der Waals surface area contributed by atoms with Crippen LogP contribution in [-0.4, -0.2) is 42.6 Å². The number of nitrogens with one attached hydrogen (secondary N) is 1. The highest BCUT2D eigenvalue weighted by molar-refractivity contribution is 5.78. The van der Waals surface area contributed by atoms with Crippen molar-refractivity contribution in [3.63, 3.8) is 0 Å². The molecule has 2 rings (SSSR count). The smallest absolute Gasteiger partial charge is 0.407 e. The van der Waals surface area contributed by atoms with Gasteiger partial charge in [0.15, 0.2) is 0 Å². The Morgan fingerprint density at radius 2 is 2.10 bits per heavy atom. The predicted octanol–water partition coefficient (Wildman–Crippen LogP) is 0.863. The highest BCUT2D eigenvalue weighted by atomic mass is 16.5. The zero-order valence-corrected chi connectivity index (χ0v) is 12.0. The van der Waals surface area contributed by atoms with E-state index < -0.39 is 6.09 Å². The largest absolute Gasteiger partial charge is 0.445 e. The molecule has 6 nitrogen and oxygen atoms in total. The Morgan fingerprint density at radius 1 is 1.33 bits per heavy atom. The lowest BCUT2D eigenvalue weighted by Gasteiger charge is -2.24. The molecular weight excluding hydrogens is 270 g/mol. The van der Waals surface area contributed by atoms with E-state index in [1.165, 1.54) is 0 Å². The van der Waals surface area contributed by atoms with Gasteiger partial charge in [0.2, 0.25) is 5.91 Å². The van der Waals surface area contributed by atoms with Gasteiger partial charge in [-0.25, -0.2) is 4.79 Å². The summed E-state index contributed by atoms with van der Waals surface area (Å²) in [6, 6.07) is 9.51. The third-order valence-corrected chi connectivity index (χ3v) is 3.57. The van der Waals surface area contributed by atoms with Crippen LogP contribution in [0, 0.1) is 0 Å². The number of rotatable bonds is 5. The highest BCUT2D eigenvalue weighted by Gasteiger charge is 2.28. The number of hydrogen-bond acceptors (Lipinski definition) is 4. The average molecular weight is 291 g/mol. The van der Waals surface area contributed by atoms with Crippen molar-refractivity contribution in [1.82, 2.24) is 10.2 Å². The molecule has 1 heterocycles. The van der Waals surface area contributed by atoms with E-state index in [0.29, 0.717) is 13.1 Å². The number of nitrogens with zero attached hydrogens (tertiary/aromatic N) is 1. The van der Waals surface area contributed by atoms with E-state index in [-0.39, 0.29) is 25.1 Å². The standard InChI is InChI=1S/C15H21N3O3/c16-9-14(19)18-8-4-7-13(18)10-17-15(20)21-11-12-5-2-1-3-6-12/h1-3,5-6,13H,4,7-11,16H2,(H,17,20)/t13-/m0/s1. The fraction of sp³-hybridized carbons (Fsp3) is 0.467. The number of nitrogens with two attached hydrogens (primary N) is 1. The van der Waals surface area contributed by atoms with Crippen LogP contribution in [0.3, 0.4) is 0 Å². The molecule has 0 spiro atoms. The molecule has 1 saturated heterocycles. The van der Waals surface area contributed by atoms with Gasteiger partial charge in [-0.05, 0) is 18.4 Å². The average Bonchev–Trinajstić information content (AvgIpc) is 2.99. The zero-order valence-electron chi connectivity index (χ0n) is 12.0. The third-order valence-electron chi connectivity index (χ3n) is 3.57. The summed E-state index contributed by atoms with van der Waals surface area (Å²) in [4.78, 5) is 25.0. The molecule has 0 unspecified atom stereocenters. The Bertz CT molecular complexity index is 478. The number of alkyl carbamates (subject to hydrolysis) is 1. The summed E-state index contributed by atoms with van der Waals surface area (Å²) in [5.74, 6) is -0.0723. The van der Waals surface area contributed by atoms with E-state index in [0.717, 1.165) is 18.4 Å². The monoisotopic (exact) mass is 291 g/mol. The van der Waals surface area contributed by atoms with Crippen LogP contribution in [0.4, 0.5) is 4.79 Å². The molecule has 1 aliphatic heterocycles. The van der Waals surface area contributed by atoms with Gasteiger partial charge in [-0.2, -0.15) is 0 Å². The van der Waals surface area contributed by atoms with Gasteiger partial charge < -0.3 is 20.7 Å². The summed E-state index contributed by atoms with van der Waals surface area (Å²) in [5.41, 5.74) is 6.32. The molecule has 1 fully saturated rings. The summed E-state index contributed by atoms with van der Waals surface area (Å²) in [6.45, 7) is 1.36. The molecule has 1 atom stereocenters. The van der Waals surface area contributed by atoms with Gasteiger partial charge in [-0.1, -0.05) is 30.3 Å². The van der Waals surface area contributed by atoms with Crippen LogP contribution < -0.4 is 11.1 Å². The molecule has 0 radical (unpaired) electrons. The van der Waals surface area contributed by atoms with E-state index in [1.807, 2.05) is 30.3 Å². The maximum Gasteiger partial charge on any atom is 0.407 e. The Hall–Kier alpha value is -2.08. The first-order valence-electron chi connectivity index (χ1n) is 7.15. The molecule has 3 N–H and O–H groups in total. The van der Waals surface area contributed by atoms with Crippen molar-refractivity contribution in [3.05, 3.63) is 35.9 Å². The Labute approximate surface area is 124 Å². The van der Waals surface area contributed by atoms with E-state index in [4.69, 9.17) is 10.5 Å².